The number of thioether (sulfide) groups is 1. The molecule has 3 heterocycles. The molecule has 0 amide bonds. The zero-order valence-electron chi connectivity index (χ0n) is 16.2. The highest BCUT2D eigenvalue weighted by molar-refractivity contribution is 7.98. The molecule has 4 nitrogen and oxygen atoms in total. The number of benzene rings is 1. The molecular weight excluding hydrogens is 404 g/mol. The Morgan fingerprint density at radius 3 is 2.61 bits per heavy atom. The summed E-state index contributed by atoms with van der Waals surface area (Å²) in [5.41, 5.74) is 4.87. The second kappa shape index (κ2) is 8.59. The van der Waals surface area contributed by atoms with Gasteiger partial charge in [0.25, 0.3) is 0 Å². The molecule has 0 saturated carbocycles. The molecule has 0 unspecified atom stereocenters. The van der Waals surface area contributed by atoms with Gasteiger partial charge in [0, 0.05) is 39.1 Å². The Morgan fingerprint density at radius 1 is 1.04 bits per heavy atom. The number of hydrogen-bond acceptors (Lipinski definition) is 6. The summed E-state index contributed by atoms with van der Waals surface area (Å²) >= 11 is 5.19. The Hall–Kier alpha value is -1.96. The number of rotatable bonds is 7. The minimum Gasteiger partial charge on any atom is -0.302 e. The molecule has 4 aromatic rings. The Morgan fingerprint density at radius 2 is 1.86 bits per heavy atom. The van der Waals surface area contributed by atoms with Gasteiger partial charge in [0.15, 0.2) is 11.0 Å². The van der Waals surface area contributed by atoms with E-state index in [0.717, 1.165) is 40.4 Å². The lowest BCUT2D eigenvalue weighted by atomic mass is 10.1. The van der Waals surface area contributed by atoms with Crippen LogP contribution in [0.15, 0.2) is 46.2 Å². The third kappa shape index (κ3) is 3.79. The molecule has 7 heteroatoms. The van der Waals surface area contributed by atoms with Gasteiger partial charge < -0.3 is 4.57 Å². The molecule has 0 fully saturated rings. The molecule has 0 atom stereocenters. The molecule has 4 rings (SSSR count). The highest BCUT2D eigenvalue weighted by atomic mass is 32.2. The van der Waals surface area contributed by atoms with Crippen molar-refractivity contribution in [2.75, 3.05) is 0 Å². The van der Waals surface area contributed by atoms with Gasteiger partial charge in [-0.3, -0.25) is 0 Å². The first-order valence-corrected chi connectivity index (χ1v) is 12.1. The molecule has 0 spiro atoms. The highest BCUT2D eigenvalue weighted by Crippen LogP contribution is 2.33. The molecule has 1 aromatic carbocycles. The lowest BCUT2D eigenvalue weighted by Gasteiger charge is -2.07. The van der Waals surface area contributed by atoms with Crippen molar-refractivity contribution in [2.45, 2.75) is 44.6 Å². The maximum atomic E-state index is 4.79. The second-order valence-corrected chi connectivity index (χ2v) is 9.27. The van der Waals surface area contributed by atoms with E-state index in [4.69, 9.17) is 4.98 Å². The standard InChI is InChI=1S/C21H22N4S3/c1-4-17-14(3)26-13-18(17)19-23-24-21(25(19)5-2)28-12-16-11-27-20(22-16)15-9-7-6-8-10-15/h6-11,13H,4-5,12H2,1-3H3. The van der Waals surface area contributed by atoms with Gasteiger partial charge in [-0.15, -0.1) is 32.9 Å². The second-order valence-electron chi connectivity index (χ2n) is 6.39. The van der Waals surface area contributed by atoms with Crippen LogP contribution in [0.4, 0.5) is 0 Å². The monoisotopic (exact) mass is 426 g/mol. The van der Waals surface area contributed by atoms with Crippen molar-refractivity contribution in [2.24, 2.45) is 0 Å². The summed E-state index contributed by atoms with van der Waals surface area (Å²) in [6.45, 7) is 7.39. The molecule has 0 saturated heterocycles. The van der Waals surface area contributed by atoms with Crippen LogP contribution in [0.3, 0.4) is 0 Å². The third-order valence-corrected chi connectivity index (χ3v) is 7.55. The molecule has 0 N–H and O–H groups in total. The van der Waals surface area contributed by atoms with Gasteiger partial charge in [0.05, 0.1) is 5.69 Å². The van der Waals surface area contributed by atoms with Crippen LogP contribution in [0.2, 0.25) is 0 Å². The maximum Gasteiger partial charge on any atom is 0.191 e. The summed E-state index contributed by atoms with van der Waals surface area (Å²) in [4.78, 5) is 6.16. The van der Waals surface area contributed by atoms with Crippen molar-refractivity contribution < 1.29 is 0 Å². The van der Waals surface area contributed by atoms with E-state index in [0.29, 0.717) is 0 Å². The summed E-state index contributed by atoms with van der Waals surface area (Å²) in [6, 6.07) is 10.3. The number of thiazole rings is 1. The average molecular weight is 427 g/mol. The quantitative estimate of drug-likeness (QED) is 0.325. The van der Waals surface area contributed by atoms with Gasteiger partial charge in [-0.2, -0.15) is 0 Å². The fourth-order valence-corrected chi connectivity index (χ4v) is 5.98. The summed E-state index contributed by atoms with van der Waals surface area (Å²) in [7, 11) is 0. The van der Waals surface area contributed by atoms with Gasteiger partial charge >= 0.3 is 0 Å². The fraction of sp³-hybridized carbons (Fsp3) is 0.286. The predicted octanol–water partition coefficient (Wildman–Crippen LogP) is 6.31. The molecular formula is C21H22N4S3. The van der Waals surface area contributed by atoms with E-state index in [-0.39, 0.29) is 0 Å². The molecule has 0 aliphatic rings. The SMILES string of the molecule is CCc1c(-c2nnc(SCc3csc(-c4ccccc4)n3)n2CC)csc1C. The topological polar surface area (TPSA) is 43.6 Å². The fourth-order valence-electron chi connectivity index (χ4n) is 3.21. The Kier molecular flexibility index (Phi) is 5.94. The zero-order chi connectivity index (χ0) is 19.5. The lowest BCUT2D eigenvalue weighted by Crippen LogP contribution is -2.00. The van der Waals surface area contributed by atoms with Crippen LogP contribution >= 0.6 is 34.4 Å². The maximum absolute atomic E-state index is 4.79. The summed E-state index contributed by atoms with van der Waals surface area (Å²) in [5.74, 6) is 1.78. The number of aromatic nitrogens is 4. The van der Waals surface area contributed by atoms with E-state index in [2.05, 4.69) is 58.4 Å². The van der Waals surface area contributed by atoms with Gasteiger partial charge in [-0.05, 0) is 25.8 Å². The Labute approximate surface area is 177 Å². The Bertz CT molecular complexity index is 1060. The molecule has 0 bridgehead atoms. The van der Waals surface area contributed by atoms with E-state index in [1.54, 1.807) is 34.4 Å². The van der Waals surface area contributed by atoms with Crippen LogP contribution in [0.5, 0.6) is 0 Å². The van der Waals surface area contributed by atoms with Crippen LogP contribution in [0.1, 0.15) is 30.0 Å². The first kappa shape index (κ1) is 19.4. The summed E-state index contributed by atoms with van der Waals surface area (Å²) in [5, 5.41) is 15.4. The van der Waals surface area contributed by atoms with Crippen molar-refractivity contribution in [3.63, 3.8) is 0 Å². The smallest absolute Gasteiger partial charge is 0.191 e. The highest BCUT2D eigenvalue weighted by Gasteiger charge is 2.18. The van der Waals surface area contributed by atoms with Crippen molar-refractivity contribution in [3.05, 3.63) is 57.2 Å². The lowest BCUT2D eigenvalue weighted by molar-refractivity contribution is 0.687. The zero-order valence-corrected chi connectivity index (χ0v) is 18.6. The first-order valence-electron chi connectivity index (χ1n) is 9.34. The largest absolute Gasteiger partial charge is 0.302 e. The normalized spacial score (nSPS) is 11.2. The third-order valence-electron chi connectivity index (χ3n) is 4.65. The van der Waals surface area contributed by atoms with E-state index >= 15 is 0 Å². The van der Waals surface area contributed by atoms with Crippen molar-refractivity contribution in [1.82, 2.24) is 19.7 Å². The molecule has 28 heavy (non-hydrogen) atoms. The number of nitrogens with zero attached hydrogens (tertiary/aromatic N) is 4. The summed E-state index contributed by atoms with van der Waals surface area (Å²) < 4.78 is 2.22. The van der Waals surface area contributed by atoms with Crippen molar-refractivity contribution >= 4 is 34.4 Å². The van der Waals surface area contributed by atoms with Crippen molar-refractivity contribution in [3.8, 4) is 22.0 Å². The molecule has 0 aliphatic carbocycles. The number of thiophene rings is 1. The predicted molar refractivity (Wildman–Crippen MR) is 120 cm³/mol. The van der Waals surface area contributed by atoms with Crippen molar-refractivity contribution in [1.29, 1.82) is 0 Å². The molecule has 0 aliphatic heterocycles. The van der Waals surface area contributed by atoms with Crippen LogP contribution in [0.25, 0.3) is 22.0 Å². The van der Waals surface area contributed by atoms with Crippen LogP contribution < -0.4 is 0 Å². The van der Waals surface area contributed by atoms with Crippen LogP contribution in [-0.4, -0.2) is 19.7 Å². The Balaban J connectivity index is 1.53. The molecule has 0 radical (unpaired) electrons. The van der Waals surface area contributed by atoms with Crippen LogP contribution in [0, 0.1) is 6.92 Å². The minimum absolute atomic E-state index is 0.796. The van der Waals surface area contributed by atoms with Gasteiger partial charge in [0.2, 0.25) is 0 Å². The summed E-state index contributed by atoms with van der Waals surface area (Å²) in [6.07, 6.45) is 1.02. The van der Waals surface area contributed by atoms with Gasteiger partial charge in [0.1, 0.15) is 5.01 Å². The molecule has 144 valence electrons. The van der Waals surface area contributed by atoms with E-state index in [1.807, 2.05) is 18.2 Å². The number of aryl methyl sites for hydroxylation is 1. The first-order chi connectivity index (χ1) is 13.7. The minimum atomic E-state index is 0.796. The van der Waals surface area contributed by atoms with E-state index in [9.17, 15) is 0 Å². The molecule has 3 aromatic heterocycles. The van der Waals surface area contributed by atoms with Gasteiger partial charge in [-0.1, -0.05) is 49.0 Å². The van der Waals surface area contributed by atoms with Gasteiger partial charge in [-0.25, -0.2) is 4.98 Å². The average Bonchev–Trinajstić information content (AvgIpc) is 3.44. The van der Waals surface area contributed by atoms with E-state index in [1.165, 1.54) is 21.6 Å². The van der Waals surface area contributed by atoms with E-state index < -0.39 is 0 Å². The number of hydrogen-bond donors (Lipinski definition) is 0. The van der Waals surface area contributed by atoms with Crippen LogP contribution in [-0.2, 0) is 18.7 Å².